The molecule has 6 heteroatoms. The summed E-state index contributed by atoms with van der Waals surface area (Å²) in [5.41, 5.74) is 3.48. The lowest BCUT2D eigenvalue weighted by Crippen LogP contribution is -1.93. The molecule has 2 N–H and O–H groups in total. The zero-order valence-electron chi connectivity index (χ0n) is 8.71. The van der Waals surface area contributed by atoms with E-state index in [2.05, 4.69) is 20.5 Å². The molecule has 0 aliphatic heterocycles. The first-order valence-electron chi connectivity index (χ1n) is 4.80. The Bertz CT molecular complexity index is 544. The normalized spacial score (nSPS) is 10.6. The van der Waals surface area contributed by atoms with Crippen molar-refractivity contribution in [2.24, 2.45) is 5.10 Å². The third-order valence-corrected chi connectivity index (χ3v) is 2.10. The number of nitrogens with one attached hydrogen (secondary N) is 1. The molecule has 0 amide bonds. The van der Waals surface area contributed by atoms with E-state index in [-0.39, 0.29) is 5.75 Å². The van der Waals surface area contributed by atoms with Gasteiger partial charge in [0, 0.05) is 6.07 Å². The lowest BCUT2D eigenvalue weighted by Gasteiger charge is -1.98. The maximum absolute atomic E-state index is 9.25. The highest BCUT2D eigenvalue weighted by atomic mass is 35.5. The molecule has 0 bridgehead atoms. The lowest BCUT2D eigenvalue weighted by molar-refractivity contribution is 0.475. The summed E-state index contributed by atoms with van der Waals surface area (Å²) in [6, 6.07) is 8.30. The number of hydrogen-bond donors (Lipinski definition) is 2. The number of rotatable bonds is 3. The van der Waals surface area contributed by atoms with Crippen LogP contribution in [0, 0.1) is 0 Å². The van der Waals surface area contributed by atoms with E-state index >= 15 is 0 Å². The standard InChI is InChI=1S/C11H9ClN4O/c12-10-5-11(14-7-13-10)16-15-6-8-2-1-3-9(17)4-8/h1-7,17H,(H,13,14,16). The zero-order chi connectivity index (χ0) is 12.1. The summed E-state index contributed by atoms with van der Waals surface area (Å²) in [6.07, 6.45) is 2.91. The number of halogens is 1. The van der Waals surface area contributed by atoms with Gasteiger partial charge in [0.25, 0.3) is 0 Å². The maximum Gasteiger partial charge on any atom is 0.151 e. The molecule has 0 radical (unpaired) electrons. The second-order valence-corrected chi connectivity index (χ2v) is 3.58. The minimum atomic E-state index is 0.194. The number of anilines is 1. The van der Waals surface area contributed by atoms with E-state index in [1.807, 2.05) is 6.07 Å². The van der Waals surface area contributed by atoms with Crippen molar-refractivity contribution in [1.82, 2.24) is 9.97 Å². The molecule has 2 aromatic rings. The molecule has 5 nitrogen and oxygen atoms in total. The number of benzene rings is 1. The number of phenolic OH excluding ortho intramolecular Hbond substituents is 1. The Hall–Kier alpha value is -2.14. The number of phenols is 1. The molecule has 0 aliphatic carbocycles. The Kier molecular flexibility index (Phi) is 3.52. The fourth-order valence-corrected chi connectivity index (χ4v) is 1.32. The fraction of sp³-hybridized carbons (Fsp3) is 0. The second-order valence-electron chi connectivity index (χ2n) is 3.19. The van der Waals surface area contributed by atoms with Crippen molar-refractivity contribution in [1.29, 1.82) is 0 Å². The second kappa shape index (κ2) is 5.27. The molecule has 0 aliphatic rings. The Balaban J connectivity index is 2.03. The number of aromatic hydroxyl groups is 1. The van der Waals surface area contributed by atoms with Gasteiger partial charge in [0.1, 0.15) is 17.2 Å². The topological polar surface area (TPSA) is 70.4 Å². The van der Waals surface area contributed by atoms with Crippen molar-refractivity contribution in [3.05, 3.63) is 47.4 Å². The van der Waals surface area contributed by atoms with E-state index in [1.54, 1.807) is 30.5 Å². The molecule has 1 aromatic heterocycles. The summed E-state index contributed by atoms with van der Waals surface area (Å²) >= 11 is 5.69. The molecule has 17 heavy (non-hydrogen) atoms. The highest BCUT2D eigenvalue weighted by molar-refractivity contribution is 6.29. The van der Waals surface area contributed by atoms with Crippen LogP contribution < -0.4 is 5.43 Å². The van der Waals surface area contributed by atoms with Crippen LogP contribution in [0.4, 0.5) is 5.82 Å². The van der Waals surface area contributed by atoms with Gasteiger partial charge in [0.15, 0.2) is 5.82 Å². The SMILES string of the molecule is Oc1cccc(C=NNc2cc(Cl)ncn2)c1. The van der Waals surface area contributed by atoms with E-state index in [0.717, 1.165) is 5.56 Å². The van der Waals surface area contributed by atoms with Crippen LogP contribution in [0.15, 0.2) is 41.8 Å². The van der Waals surface area contributed by atoms with Crippen molar-refractivity contribution >= 4 is 23.6 Å². The molecule has 1 aromatic carbocycles. The fourth-order valence-electron chi connectivity index (χ4n) is 1.17. The van der Waals surface area contributed by atoms with Crippen molar-refractivity contribution in [2.75, 3.05) is 5.43 Å². The number of nitrogens with zero attached hydrogens (tertiary/aromatic N) is 3. The molecule has 1 heterocycles. The molecular weight excluding hydrogens is 240 g/mol. The quantitative estimate of drug-likeness (QED) is 0.497. The molecule has 0 fully saturated rings. The maximum atomic E-state index is 9.25. The van der Waals surface area contributed by atoms with Gasteiger partial charge in [-0.2, -0.15) is 5.10 Å². The number of hydrogen-bond acceptors (Lipinski definition) is 5. The monoisotopic (exact) mass is 248 g/mol. The molecule has 0 saturated carbocycles. The minimum absolute atomic E-state index is 0.194. The van der Waals surface area contributed by atoms with Crippen LogP contribution in [0.5, 0.6) is 5.75 Å². The Morgan fingerprint density at radius 2 is 2.18 bits per heavy atom. The van der Waals surface area contributed by atoms with Gasteiger partial charge in [0.2, 0.25) is 0 Å². The van der Waals surface area contributed by atoms with Crippen LogP contribution in [0.25, 0.3) is 0 Å². The third kappa shape index (κ3) is 3.42. The molecule has 0 saturated heterocycles. The first kappa shape index (κ1) is 11.3. The Labute approximate surface area is 103 Å². The summed E-state index contributed by atoms with van der Waals surface area (Å²) < 4.78 is 0. The van der Waals surface area contributed by atoms with Crippen LogP contribution in [0.2, 0.25) is 5.15 Å². The average Bonchev–Trinajstić information content (AvgIpc) is 2.29. The first-order valence-corrected chi connectivity index (χ1v) is 5.17. The Morgan fingerprint density at radius 3 is 2.94 bits per heavy atom. The van der Waals surface area contributed by atoms with Gasteiger partial charge in [-0.3, -0.25) is 5.43 Å². The van der Waals surface area contributed by atoms with E-state index in [4.69, 9.17) is 11.6 Å². The summed E-state index contributed by atoms with van der Waals surface area (Å²) in [7, 11) is 0. The third-order valence-electron chi connectivity index (χ3n) is 1.90. The van der Waals surface area contributed by atoms with Gasteiger partial charge in [-0.1, -0.05) is 23.7 Å². The molecule has 0 unspecified atom stereocenters. The molecule has 0 atom stereocenters. The predicted octanol–water partition coefficient (Wildman–Crippen LogP) is 2.28. The van der Waals surface area contributed by atoms with Gasteiger partial charge in [-0.15, -0.1) is 0 Å². The Morgan fingerprint density at radius 1 is 1.29 bits per heavy atom. The molecular formula is C11H9ClN4O. The van der Waals surface area contributed by atoms with E-state index in [0.29, 0.717) is 11.0 Å². The summed E-state index contributed by atoms with van der Waals surface area (Å²) in [4.78, 5) is 7.67. The molecule has 86 valence electrons. The van der Waals surface area contributed by atoms with Crippen molar-refractivity contribution in [2.45, 2.75) is 0 Å². The number of aromatic nitrogens is 2. The van der Waals surface area contributed by atoms with Gasteiger partial charge >= 0.3 is 0 Å². The first-order chi connectivity index (χ1) is 8.24. The van der Waals surface area contributed by atoms with E-state index in [9.17, 15) is 5.11 Å². The van der Waals surface area contributed by atoms with Crippen LogP contribution in [0.3, 0.4) is 0 Å². The van der Waals surface area contributed by atoms with E-state index < -0.39 is 0 Å². The molecule has 2 rings (SSSR count). The summed E-state index contributed by atoms with van der Waals surface area (Å²) in [6.45, 7) is 0. The van der Waals surface area contributed by atoms with Gasteiger partial charge < -0.3 is 5.11 Å². The number of hydrazone groups is 1. The summed E-state index contributed by atoms with van der Waals surface area (Å²) in [5, 5.41) is 13.5. The summed E-state index contributed by atoms with van der Waals surface area (Å²) in [5.74, 6) is 0.695. The zero-order valence-corrected chi connectivity index (χ0v) is 9.46. The average molecular weight is 249 g/mol. The minimum Gasteiger partial charge on any atom is -0.508 e. The smallest absolute Gasteiger partial charge is 0.151 e. The van der Waals surface area contributed by atoms with Crippen LogP contribution in [0.1, 0.15) is 5.56 Å². The lowest BCUT2D eigenvalue weighted by atomic mass is 10.2. The van der Waals surface area contributed by atoms with Crippen molar-refractivity contribution in [3.8, 4) is 5.75 Å². The van der Waals surface area contributed by atoms with Crippen molar-refractivity contribution < 1.29 is 5.11 Å². The largest absolute Gasteiger partial charge is 0.508 e. The van der Waals surface area contributed by atoms with Gasteiger partial charge in [0.05, 0.1) is 6.21 Å². The van der Waals surface area contributed by atoms with Gasteiger partial charge in [-0.05, 0) is 17.7 Å². The van der Waals surface area contributed by atoms with Crippen LogP contribution in [-0.2, 0) is 0 Å². The highest BCUT2D eigenvalue weighted by Gasteiger charge is 1.93. The van der Waals surface area contributed by atoms with Gasteiger partial charge in [-0.25, -0.2) is 9.97 Å². The predicted molar refractivity (Wildman–Crippen MR) is 66.4 cm³/mol. The highest BCUT2D eigenvalue weighted by Crippen LogP contribution is 2.10. The van der Waals surface area contributed by atoms with Crippen LogP contribution >= 0.6 is 11.6 Å². The van der Waals surface area contributed by atoms with Crippen molar-refractivity contribution in [3.63, 3.8) is 0 Å². The van der Waals surface area contributed by atoms with Crippen LogP contribution in [-0.4, -0.2) is 21.3 Å². The van der Waals surface area contributed by atoms with E-state index in [1.165, 1.54) is 6.33 Å². The molecule has 0 spiro atoms.